The van der Waals surface area contributed by atoms with E-state index in [0.29, 0.717) is 11.4 Å². The van der Waals surface area contributed by atoms with E-state index >= 15 is 0 Å². The van der Waals surface area contributed by atoms with Crippen molar-refractivity contribution < 1.29 is 14.3 Å². The molecule has 2 atom stereocenters. The average Bonchev–Trinajstić information content (AvgIpc) is 3.57. The summed E-state index contributed by atoms with van der Waals surface area (Å²) in [5, 5.41) is 4.54. The molecule has 10 heteroatoms. The summed E-state index contributed by atoms with van der Waals surface area (Å²) >= 11 is 0. The maximum atomic E-state index is 12.6. The Bertz CT molecular complexity index is 1490. The third kappa shape index (κ3) is 4.32. The molecule has 198 valence electrons. The van der Waals surface area contributed by atoms with Gasteiger partial charge in [0.15, 0.2) is 5.65 Å². The molecule has 1 fully saturated rings. The summed E-state index contributed by atoms with van der Waals surface area (Å²) in [4.78, 5) is 28.2. The molecule has 0 saturated carbocycles. The van der Waals surface area contributed by atoms with Gasteiger partial charge in [0.2, 0.25) is 5.91 Å². The monoisotopic (exact) mass is 515 g/mol. The molecule has 4 aromatic rings. The predicted molar refractivity (Wildman–Crippen MR) is 143 cm³/mol. The largest absolute Gasteiger partial charge is 0.423 e. The van der Waals surface area contributed by atoms with Crippen LogP contribution in [0, 0.1) is 0 Å². The van der Waals surface area contributed by atoms with Crippen molar-refractivity contribution in [3.8, 4) is 22.9 Å². The lowest BCUT2D eigenvalue weighted by Crippen LogP contribution is -2.40. The lowest BCUT2D eigenvalue weighted by molar-refractivity contribution is -0.117. The third-order valence-electron chi connectivity index (χ3n) is 7.50. The fourth-order valence-electron chi connectivity index (χ4n) is 5.51. The first-order valence-corrected chi connectivity index (χ1v) is 13.4. The van der Waals surface area contributed by atoms with Gasteiger partial charge < -0.3 is 18.9 Å². The molecule has 2 aliphatic heterocycles. The van der Waals surface area contributed by atoms with Crippen LogP contribution in [0.15, 0.2) is 37.1 Å². The number of carbonyl (C=O) groups excluding carboxylic acids is 1. The highest BCUT2D eigenvalue weighted by molar-refractivity contribution is 5.95. The van der Waals surface area contributed by atoms with Crippen molar-refractivity contribution in [2.45, 2.75) is 78.1 Å². The number of benzene rings is 1. The molecule has 1 amide bonds. The van der Waals surface area contributed by atoms with Crippen molar-refractivity contribution in [3.63, 3.8) is 0 Å². The maximum absolute atomic E-state index is 12.6. The smallest absolute Gasteiger partial charge is 0.324 e. The van der Waals surface area contributed by atoms with E-state index in [4.69, 9.17) is 9.47 Å². The zero-order valence-electron chi connectivity index (χ0n) is 22.3. The Labute approximate surface area is 221 Å². The SMILES string of the molecule is CC(=O)N1c2ccc(-c3cnn(C(C)C)c3)c(Oc3ncc4c(ncn4C4CCCCO4)n3)c2CCC1C. The van der Waals surface area contributed by atoms with Gasteiger partial charge in [0.25, 0.3) is 0 Å². The number of ether oxygens (including phenoxy) is 2. The lowest BCUT2D eigenvalue weighted by atomic mass is 9.92. The van der Waals surface area contributed by atoms with E-state index in [9.17, 15) is 4.79 Å². The standard InChI is InChI=1S/C28H33N7O3/c1-17(2)34-15-20(13-31-34)21-10-11-23-22(9-8-18(3)35(23)19(4)36)26(21)38-28-29-14-24-27(32-28)30-16-33(24)25-7-5-6-12-37-25/h10-11,13-18,25H,5-9,12H2,1-4H3. The van der Waals surface area contributed by atoms with Crippen LogP contribution in [0.4, 0.5) is 5.69 Å². The number of hydrogen-bond donors (Lipinski definition) is 0. The van der Waals surface area contributed by atoms with Crippen LogP contribution >= 0.6 is 0 Å². The quantitative estimate of drug-likeness (QED) is 0.348. The predicted octanol–water partition coefficient (Wildman–Crippen LogP) is 5.45. The summed E-state index contributed by atoms with van der Waals surface area (Å²) in [6, 6.07) is 4.57. The van der Waals surface area contributed by atoms with Crippen molar-refractivity contribution in [3.05, 3.63) is 42.6 Å². The topological polar surface area (TPSA) is 100 Å². The Kier molecular flexibility index (Phi) is 6.35. The Hall–Kier alpha value is -3.79. The minimum absolute atomic E-state index is 0.0120. The van der Waals surface area contributed by atoms with E-state index in [1.54, 1.807) is 19.4 Å². The number of imidazole rings is 1. The number of rotatable bonds is 5. The number of aromatic nitrogens is 6. The minimum atomic E-state index is -0.0473. The fourth-order valence-corrected chi connectivity index (χ4v) is 5.51. The van der Waals surface area contributed by atoms with Crippen LogP contribution in [0.1, 0.15) is 71.2 Å². The highest BCUT2D eigenvalue weighted by atomic mass is 16.5. The highest BCUT2D eigenvalue weighted by Crippen LogP contribution is 2.44. The second-order valence-electron chi connectivity index (χ2n) is 10.5. The van der Waals surface area contributed by atoms with Gasteiger partial charge in [0.1, 0.15) is 17.5 Å². The molecule has 0 bridgehead atoms. The van der Waals surface area contributed by atoms with Gasteiger partial charge in [0, 0.05) is 48.5 Å². The molecule has 0 spiro atoms. The first-order valence-electron chi connectivity index (χ1n) is 13.4. The van der Waals surface area contributed by atoms with E-state index in [0.717, 1.165) is 66.6 Å². The molecule has 0 aliphatic carbocycles. The van der Waals surface area contributed by atoms with E-state index in [-0.39, 0.29) is 30.2 Å². The van der Waals surface area contributed by atoms with E-state index in [1.165, 1.54) is 0 Å². The van der Waals surface area contributed by atoms with Crippen molar-refractivity contribution >= 4 is 22.8 Å². The van der Waals surface area contributed by atoms with Crippen LogP contribution in [-0.4, -0.2) is 47.9 Å². The van der Waals surface area contributed by atoms with Crippen molar-refractivity contribution in [1.82, 2.24) is 29.3 Å². The summed E-state index contributed by atoms with van der Waals surface area (Å²) in [7, 11) is 0. The number of amides is 1. The Morgan fingerprint density at radius 1 is 1.16 bits per heavy atom. The Morgan fingerprint density at radius 2 is 2.03 bits per heavy atom. The van der Waals surface area contributed by atoms with Gasteiger partial charge >= 0.3 is 6.01 Å². The molecule has 3 aromatic heterocycles. The zero-order valence-corrected chi connectivity index (χ0v) is 22.3. The summed E-state index contributed by atoms with van der Waals surface area (Å²) < 4.78 is 16.3. The van der Waals surface area contributed by atoms with Gasteiger partial charge in [-0.1, -0.05) is 0 Å². The molecule has 10 nitrogen and oxygen atoms in total. The van der Waals surface area contributed by atoms with Gasteiger partial charge in [-0.2, -0.15) is 10.1 Å². The second-order valence-corrected chi connectivity index (χ2v) is 10.5. The number of anilines is 1. The fraction of sp³-hybridized carbons (Fsp3) is 0.464. The van der Waals surface area contributed by atoms with Crippen LogP contribution in [0.25, 0.3) is 22.3 Å². The van der Waals surface area contributed by atoms with Crippen molar-refractivity contribution in [2.24, 2.45) is 0 Å². The van der Waals surface area contributed by atoms with Crippen LogP contribution in [0.2, 0.25) is 0 Å². The van der Waals surface area contributed by atoms with Crippen molar-refractivity contribution in [1.29, 1.82) is 0 Å². The van der Waals surface area contributed by atoms with Crippen LogP contribution < -0.4 is 9.64 Å². The van der Waals surface area contributed by atoms with Crippen LogP contribution in [0.3, 0.4) is 0 Å². The third-order valence-corrected chi connectivity index (χ3v) is 7.50. The molecule has 1 aromatic carbocycles. The Balaban J connectivity index is 1.43. The number of carbonyl (C=O) groups is 1. The molecule has 0 radical (unpaired) electrons. The summed E-state index contributed by atoms with van der Waals surface area (Å²) in [6.07, 6.45) is 12.1. The lowest BCUT2D eigenvalue weighted by Gasteiger charge is -2.35. The Morgan fingerprint density at radius 3 is 2.76 bits per heavy atom. The maximum Gasteiger partial charge on any atom is 0.324 e. The number of fused-ring (bicyclic) bond motifs is 2. The molecule has 38 heavy (non-hydrogen) atoms. The van der Waals surface area contributed by atoms with E-state index in [1.807, 2.05) is 38.7 Å². The van der Waals surface area contributed by atoms with E-state index in [2.05, 4.69) is 40.8 Å². The zero-order chi connectivity index (χ0) is 26.4. The normalized spacial score (nSPS) is 19.7. The number of hydrogen-bond acceptors (Lipinski definition) is 7. The van der Waals surface area contributed by atoms with Gasteiger partial charge in [-0.3, -0.25) is 9.48 Å². The minimum Gasteiger partial charge on any atom is -0.423 e. The molecular weight excluding hydrogens is 482 g/mol. The first-order chi connectivity index (χ1) is 18.4. The number of nitrogens with zero attached hydrogens (tertiary/aromatic N) is 7. The van der Waals surface area contributed by atoms with Crippen LogP contribution in [-0.2, 0) is 16.0 Å². The summed E-state index contributed by atoms with van der Waals surface area (Å²) in [5.41, 5.74) is 5.03. The van der Waals surface area contributed by atoms with Gasteiger partial charge in [-0.25, -0.2) is 9.97 Å². The molecule has 2 aliphatic rings. The van der Waals surface area contributed by atoms with Crippen molar-refractivity contribution in [2.75, 3.05) is 11.5 Å². The first kappa shape index (κ1) is 24.5. The van der Waals surface area contributed by atoms with Crippen LogP contribution in [0.5, 0.6) is 11.8 Å². The average molecular weight is 516 g/mol. The molecule has 1 saturated heterocycles. The highest BCUT2D eigenvalue weighted by Gasteiger charge is 2.31. The molecule has 0 N–H and O–H groups in total. The molecule has 6 rings (SSSR count). The van der Waals surface area contributed by atoms with Gasteiger partial charge in [-0.05, 0) is 65.0 Å². The van der Waals surface area contributed by atoms with E-state index < -0.39 is 0 Å². The summed E-state index contributed by atoms with van der Waals surface area (Å²) in [6.45, 7) is 8.62. The summed E-state index contributed by atoms with van der Waals surface area (Å²) in [5.74, 6) is 0.663. The molecule has 2 unspecified atom stereocenters. The van der Waals surface area contributed by atoms with Gasteiger partial charge in [-0.15, -0.1) is 0 Å². The molecular formula is C28H33N7O3. The van der Waals surface area contributed by atoms with Gasteiger partial charge in [0.05, 0.1) is 24.4 Å². The second kappa shape index (κ2) is 9.83. The molecule has 5 heterocycles.